The summed E-state index contributed by atoms with van der Waals surface area (Å²) in [5, 5.41) is 11.2. The second-order valence-corrected chi connectivity index (χ2v) is 4.20. The third kappa shape index (κ3) is 3.82. The zero-order valence-electron chi connectivity index (χ0n) is 10.6. The molecular formula is C14H10F2N2O3. The van der Waals surface area contributed by atoms with Crippen LogP contribution in [-0.4, -0.2) is 22.0 Å². The summed E-state index contributed by atoms with van der Waals surface area (Å²) >= 11 is 0. The quantitative estimate of drug-likeness (QED) is 0.905. The smallest absolute Gasteiger partial charge is 0.354 e. The Kier molecular flexibility index (Phi) is 4.22. The maximum absolute atomic E-state index is 13.4. The Bertz CT molecular complexity index is 704. The van der Waals surface area contributed by atoms with Crippen LogP contribution in [0.4, 0.5) is 14.5 Å². The predicted octanol–water partition coefficient (Wildman–Crippen LogP) is 2.24. The lowest BCUT2D eigenvalue weighted by molar-refractivity contribution is -0.115. The van der Waals surface area contributed by atoms with Crippen LogP contribution in [0.2, 0.25) is 0 Å². The number of halogens is 2. The largest absolute Gasteiger partial charge is 0.477 e. The maximum atomic E-state index is 13.4. The number of aromatic carboxylic acids is 1. The highest BCUT2D eigenvalue weighted by atomic mass is 19.1. The van der Waals surface area contributed by atoms with Crippen LogP contribution in [0.15, 0.2) is 36.5 Å². The highest BCUT2D eigenvalue weighted by molar-refractivity contribution is 5.94. The van der Waals surface area contributed by atoms with E-state index in [0.717, 1.165) is 6.07 Å². The first kappa shape index (κ1) is 14.6. The van der Waals surface area contributed by atoms with Crippen molar-refractivity contribution in [2.75, 3.05) is 5.32 Å². The molecule has 7 heteroatoms. The molecule has 0 aliphatic rings. The molecule has 5 nitrogen and oxygen atoms in total. The van der Waals surface area contributed by atoms with Crippen molar-refractivity contribution in [3.8, 4) is 0 Å². The van der Waals surface area contributed by atoms with E-state index in [1.54, 1.807) is 0 Å². The standard InChI is InChI=1S/C14H10F2N2O3/c15-9-2-1-8(11(16)6-9)5-13(19)18-10-3-4-17-12(7-10)14(20)21/h1-4,6-7H,5H2,(H,20,21)(H,17,18,19). The third-order valence-electron chi connectivity index (χ3n) is 2.63. The van der Waals surface area contributed by atoms with E-state index in [2.05, 4.69) is 10.3 Å². The Morgan fingerprint density at radius 2 is 1.95 bits per heavy atom. The fourth-order valence-corrected chi connectivity index (χ4v) is 1.67. The molecule has 0 atom stereocenters. The van der Waals surface area contributed by atoms with Gasteiger partial charge in [0.25, 0.3) is 0 Å². The van der Waals surface area contributed by atoms with Crippen LogP contribution in [0.3, 0.4) is 0 Å². The van der Waals surface area contributed by atoms with Gasteiger partial charge in [-0.1, -0.05) is 6.07 Å². The lowest BCUT2D eigenvalue weighted by atomic mass is 10.1. The zero-order valence-corrected chi connectivity index (χ0v) is 10.6. The van der Waals surface area contributed by atoms with Gasteiger partial charge >= 0.3 is 5.97 Å². The number of amides is 1. The fraction of sp³-hybridized carbons (Fsp3) is 0.0714. The number of benzene rings is 1. The Labute approximate surface area is 118 Å². The zero-order chi connectivity index (χ0) is 15.4. The van der Waals surface area contributed by atoms with Crippen LogP contribution in [0.5, 0.6) is 0 Å². The molecule has 0 aliphatic carbocycles. The molecule has 2 N–H and O–H groups in total. The number of carboxylic acid groups (broad SMARTS) is 1. The normalized spacial score (nSPS) is 10.2. The van der Waals surface area contributed by atoms with Crippen LogP contribution in [0, 0.1) is 11.6 Å². The molecule has 1 amide bonds. The van der Waals surface area contributed by atoms with Crippen LogP contribution in [0.25, 0.3) is 0 Å². The minimum absolute atomic E-state index is 0.0430. The summed E-state index contributed by atoms with van der Waals surface area (Å²) in [5.74, 6) is -3.32. The van der Waals surface area contributed by atoms with E-state index in [1.165, 1.54) is 24.4 Å². The predicted molar refractivity (Wildman–Crippen MR) is 69.9 cm³/mol. The second-order valence-electron chi connectivity index (χ2n) is 4.20. The molecule has 1 aromatic carbocycles. The first-order valence-electron chi connectivity index (χ1n) is 5.89. The summed E-state index contributed by atoms with van der Waals surface area (Å²) in [6.07, 6.45) is 0.939. The first-order chi connectivity index (χ1) is 9.95. The van der Waals surface area contributed by atoms with Crippen molar-refractivity contribution >= 4 is 17.6 Å². The van der Waals surface area contributed by atoms with Gasteiger partial charge in [-0.2, -0.15) is 0 Å². The fourth-order valence-electron chi connectivity index (χ4n) is 1.67. The van der Waals surface area contributed by atoms with E-state index in [0.29, 0.717) is 6.07 Å². The molecule has 0 fully saturated rings. The molecule has 0 bridgehead atoms. The van der Waals surface area contributed by atoms with Crippen molar-refractivity contribution < 1.29 is 23.5 Å². The number of nitrogens with zero attached hydrogens (tertiary/aromatic N) is 1. The van der Waals surface area contributed by atoms with E-state index in [9.17, 15) is 18.4 Å². The summed E-state index contributed by atoms with van der Waals surface area (Å²) in [4.78, 5) is 26.1. The van der Waals surface area contributed by atoms with Gasteiger partial charge in [-0.25, -0.2) is 18.6 Å². The molecule has 0 saturated carbocycles. The van der Waals surface area contributed by atoms with Crippen LogP contribution in [-0.2, 0) is 11.2 Å². The van der Waals surface area contributed by atoms with Gasteiger partial charge in [-0.15, -0.1) is 0 Å². The number of aromatic nitrogens is 1. The summed E-state index contributed by atoms with van der Waals surface area (Å²) < 4.78 is 26.2. The summed E-state index contributed by atoms with van der Waals surface area (Å²) in [6.45, 7) is 0. The Morgan fingerprint density at radius 1 is 1.19 bits per heavy atom. The summed E-state index contributed by atoms with van der Waals surface area (Å²) in [6, 6.07) is 5.52. The molecule has 108 valence electrons. The SMILES string of the molecule is O=C(Cc1ccc(F)cc1F)Nc1ccnc(C(=O)O)c1. The molecule has 0 spiro atoms. The molecule has 0 aliphatic heterocycles. The minimum atomic E-state index is -1.23. The van der Waals surface area contributed by atoms with Gasteiger partial charge in [-0.05, 0) is 23.8 Å². The molecule has 1 heterocycles. The maximum Gasteiger partial charge on any atom is 0.354 e. The second kappa shape index (κ2) is 6.08. The first-order valence-corrected chi connectivity index (χ1v) is 5.89. The lowest BCUT2D eigenvalue weighted by Crippen LogP contribution is -2.16. The highest BCUT2D eigenvalue weighted by Crippen LogP contribution is 2.12. The van der Waals surface area contributed by atoms with E-state index in [-0.39, 0.29) is 23.4 Å². The van der Waals surface area contributed by atoms with Gasteiger partial charge in [0.05, 0.1) is 6.42 Å². The molecule has 0 unspecified atom stereocenters. The van der Waals surface area contributed by atoms with E-state index >= 15 is 0 Å². The Balaban J connectivity index is 2.08. The van der Waals surface area contributed by atoms with E-state index in [4.69, 9.17) is 5.11 Å². The lowest BCUT2D eigenvalue weighted by Gasteiger charge is -2.06. The number of pyridine rings is 1. The molecule has 1 aromatic heterocycles. The van der Waals surface area contributed by atoms with E-state index < -0.39 is 23.5 Å². The monoisotopic (exact) mass is 292 g/mol. The minimum Gasteiger partial charge on any atom is -0.477 e. The number of carbonyl (C=O) groups is 2. The highest BCUT2D eigenvalue weighted by Gasteiger charge is 2.11. The van der Waals surface area contributed by atoms with Crippen molar-refractivity contribution in [2.45, 2.75) is 6.42 Å². The van der Waals surface area contributed by atoms with E-state index in [1.807, 2.05) is 0 Å². The van der Waals surface area contributed by atoms with Gasteiger partial charge in [0.15, 0.2) is 0 Å². The van der Waals surface area contributed by atoms with Gasteiger partial charge < -0.3 is 10.4 Å². The average molecular weight is 292 g/mol. The average Bonchev–Trinajstić information content (AvgIpc) is 2.42. The van der Waals surface area contributed by atoms with Gasteiger partial charge in [0, 0.05) is 18.0 Å². The van der Waals surface area contributed by atoms with Crippen LogP contribution in [0.1, 0.15) is 16.1 Å². The molecule has 0 saturated heterocycles. The van der Waals surface area contributed by atoms with Crippen molar-refractivity contribution in [3.63, 3.8) is 0 Å². The molecule has 21 heavy (non-hydrogen) atoms. The van der Waals surface area contributed by atoms with Crippen molar-refractivity contribution in [1.29, 1.82) is 0 Å². The summed E-state index contributed by atoms with van der Waals surface area (Å²) in [5.41, 5.74) is 0.0529. The van der Waals surface area contributed by atoms with Crippen molar-refractivity contribution in [1.82, 2.24) is 4.98 Å². The molecular weight excluding hydrogens is 282 g/mol. The van der Waals surface area contributed by atoms with Gasteiger partial charge in [0.2, 0.25) is 5.91 Å². The van der Waals surface area contributed by atoms with Crippen LogP contribution >= 0.6 is 0 Å². The number of carbonyl (C=O) groups excluding carboxylic acids is 1. The Morgan fingerprint density at radius 3 is 2.62 bits per heavy atom. The number of anilines is 1. The van der Waals surface area contributed by atoms with Crippen molar-refractivity contribution in [3.05, 3.63) is 59.4 Å². The topological polar surface area (TPSA) is 79.3 Å². The molecule has 0 radical (unpaired) electrons. The number of hydrogen-bond donors (Lipinski definition) is 2. The number of rotatable bonds is 4. The number of nitrogens with one attached hydrogen (secondary N) is 1. The Hall–Kier alpha value is -2.83. The molecule has 2 rings (SSSR count). The third-order valence-corrected chi connectivity index (χ3v) is 2.63. The van der Waals surface area contributed by atoms with Crippen molar-refractivity contribution in [2.24, 2.45) is 0 Å². The number of carboxylic acids is 1. The summed E-state index contributed by atoms with van der Waals surface area (Å²) in [7, 11) is 0. The van der Waals surface area contributed by atoms with Gasteiger partial charge in [-0.3, -0.25) is 4.79 Å². The molecule has 2 aromatic rings. The van der Waals surface area contributed by atoms with Crippen LogP contribution < -0.4 is 5.32 Å². The van der Waals surface area contributed by atoms with Gasteiger partial charge in [0.1, 0.15) is 17.3 Å². The number of hydrogen-bond acceptors (Lipinski definition) is 3.